The van der Waals surface area contributed by atoms with Gasteiger partial charge < -0.3 is 19.7 Å². The van der Waals surface area contributed by atoms with Gasteiger partial charge in [-0.25, -0.2) is 0 Å². The fraction of sp³-hybridized carbons (Fsp3) is 0.520. The molecule has 172 valence electrons. The number of rotatable bonds is 14. The van der Waals surface area contributed by atoms with E-state index in [1.807, 2.05) is 24.3 Å². The fourth-order valence-corrected chi connectivity index (χ4v) is 4.30. The molecule has 0 fully saturated rings. The molecule has 0 heterocycles. The Kier molecular flexibility index (Phi) is 11.1. The molecule has 2 aromatic rings. The predicted molar refractivity (Wildman–Crippen MR) is 134 cm³/mol. The molecule has 2 rings (SSSR count). The second-order valence-electron chi connectivity index (χ2n) is 7.92. The van der Waals surface area contributed by atoms with E-state index in [9.17, 15) is 10.2 Å². The summed E-state index contributed by atoms with van der Waals surface area (Å²) in [5.41, 5.74) is 2.19. The van der Waals surface area contributed by atoms with Crippen LogP contribution in [0.5, 0.6) is 11.5 Å². The molecule has 0 aromatic heterocycles. The third kappa shape index (κ3) is 8.60. The van der Waals surface area contributed by atoms with Gasteiger partial charge in [0, 0.05) is 16.9 Å². The zero-order valence-electron chi connectivity index (χ0n) is 19.0. The fourth-order valence-electron chi connectivity index (χ4n) is 3.09. The lowest BCUT2D eigenvalue weighted by molar-refractivity contribution is 0.126. The van der Waals surface area contributed by atoms with Crippen LogP contribution in [0.3, 0.4) is 0 Å². The first-order valence-electron chi connectivity index (χ1n) is 10.8. The van der Waals surface area contributed by atoms with E-state index in [1.165, 1.54) is 11.1 Å². The first-order chi connectivity index (χ1) is 14.9. The van der Waals surface area contributed by atoms with Crippen LogP contribution < -0.4 is 9.47 Å². The normalized spacial score (nSPS) is 13.6. The largest absolute Gasteiger partial charge is 0.491 e. The maximum Gasteiger partial charge on any atom is 0.119 e. The topological polar surface area (TPSA) is 58.9 Å². The first kappa shape index (κ1) is 25.9. The summed E-state index contributed by atoms with van der Waals surface area (Å²) < 4.78 is 11.4. The average Bonchev–Trinajstić information content (AvgIpc) is 2.79. The van der Waals surface area contributed by atoms with Gasteiger partial charge in [0.15, 0.2) is 0 Å². The number of ether oxygens (including phenoxy) is 2. The summed E-state index contributed by atoms with van der Waals surface area (Å²) >= 11 is 3.42. The van der Waals surface area contributed by atoms with Crippen LogP contribution in [0.25, 0.3) is 0 Å². The molecule has 0 saturated heterocycles. The van der Waals surface area contributed by atoms with Crippen LogP contribution in [0, 0.1) is 0 Å². The zero-order chi connectivity index (χ0) is 22.7. The lowest BCUT2D eigenvalue weighted by Crippen LogP contribution is -2.21. The molecule has 0 saturated carbocycles. The van der Waals surface area contributed by atoms with Crippen LogP contribution >= 0.6 is 23.5 Å². The molecule has 2 aromatic carbocycles. The molecule has 0 spiro atoms. The van der Waals surface area contributed by atoms with Gasteiger partial charge in [-0.2, -0.15) is 23.5 Å². The summed E-state index contributed by atoms with van der Waals surface area (Å²) in [6, 6.07) is 16.2. The molecule has 31 heavy (non-hydrogen) atoms. The van der Waals surface area contributed by atoms with Crippen molar-refractivity contribution in [1.82, 2.24) is 0 Å². The summed E-state index contributed by atoms with van der Waals surface area (Å²) in [6.45, 7) is 9.16. The molecule has 0 aliphatic carbocycles. The summed E-state index contributed by atoms with van der Waals surface area (Å²) in [4.78, 5) is 0. The lowest BCUT2D eigenvalue weighted by atomic mass is 9.78. The van der Waals surface area contributed by atoms with Crippen LogP contribution in [0.15, 0.2) is 48.5 Å². The van der Waals surface area contributed by atoms with Crippen LogP contribution in [0.4, 0.5) is 0 Å². The van der Waals surface area contributed by atoms with Crippen molar-refractivity contribution in [3.63, 3.8) is 0 Å². The Morgan fingerprint density at radius 1 is 0.710 bits per heavy atom. The highest BCUT2D eigenvalue weighted by Gasteiger charge is 2.23. The van der Waals surface area contributed by atoms with E-state index in [1.54, 1.807) is 23.5 Å². The molecular formula is C25H36O4S2. The number of thioether (sulfide) groups is 2. The highest BCUT2D eigenvalue weighted by Crippen LogP contribution is 2.33. The van der Waals surface area contributed by atoms with Crippen molar-refractivity contribution >= 4 is 23.5 Å². The maximum atomic E-state index is 9.93. The maximum absolute atomic E-state index is 9.93. The third-order valence-corrected chi connectivity index (χ3v) is 7.12. The molecule has 0 bridgehead atoms. The zero-order valence-corrected chi connectivity index (χ0v) is 20.7. The van der Waals surface area contributed by atoms with Crippen molar-refractivity contribution < 1.29 is 19.7 Å². The smallest absolute Gasteiger partial charge is 0.119 e. The Hall–Kier alpha value is -1.34. The van der Waals surface area contributed by atoms with Gasteiger partial charge >= 0.3 is 0 Å². The standard InChI is InChI=1S/C25H36O4S2/c1-5-30-17-21(26)15-28-23-11-7-19(8-12-23)25(3,4)20-9-13-24(14-10-20)29-16-22(27)18-31-6-2/h7-14,21-22,26-27H,5-6,15-18H2,1-4H3. The predicted octanol–water partition coefficient (Wildman–Crippen LogP) is 5.00. The SMILES string of the molecule is CCSCC(O)COc1ccc(C(C)(C)c2ccc(OCC(O)CSCC)cc2)cc1. The van der Waals surface area contributed by atoms with Gasteiger partial charge in [0.1, 0.15) is 24.7 Å². The van der Waals surface area contributed by atoms with Crippen molar-refractivity contribution in [1.29, 1.82) is 0 Å². The van der Waals surface area contributed by atoms with E-state index in [0.29, 0.717) is 24.7 Å². The Morgan fingerprint density at radius 2 is 1.06 bits per heavy atom. The van der Waals surface area contributed by atoms with Gasteiger partial charge in [0.25, 0.3) is 0 Å². The molecule has 2 unspecified atom stereocenters. The van der Waals surface area contributed by atoms with E-state index in [2.05, 4.69) is 52.0 Å². The minimum Gasteiger partial charge on any atom is -0.491 e. The van der Waals surface area contributed by atoms with Crippen LogP contribution in [0.1, 0.15) is 38.8 Å². The Morgan fingerprint density at radius 3 is 1.39 bits per heavy atom. The van der Waals surface area contributed by atoms with Crippen LogP contribution in [-0.4, -0.2) is 58.6 Å². The minimum atomic E-state index is -0.451. The summed E-state index contributed by atoms with van der Waals surface area (Å²) in [7, 11) is 0. The second-order valence-corrected chi connectivity index (χ2v) is 10.6. The van der Waals surface area contributed by atoms with Crippen molar-refractivity contribution in [3.8, 4) is 11.5 Å². The van der Waals surface area contributed by atoms with E-state index in [0.717, 1.165) is 23.0 Å². The minimum absolute atomic E-state index is 0.175. The Labute approximate surface area is 195 Å². The quantitative estimate of drug-likeness (QED) is 0.410. The monoisotopic (exact) mass is 464 g/mol. The van der Waals surface area contributed by atoms with Crippen LogP contribution in [-0.2, 0) is 5.41 Å². The first-order valence-corrected chi connectivity index (χ1v) is 13.2. The summed E-state index contributed by atoms with van der Waals surface area (Å²) in [5.74, 6) is 4.91. The van der Waals surface area contributed by atoms with E-state index in [4.69, 9.17) is 9.47 Å². The molecule has 0 radical (unpaired) electrons. The lowest BCUT2D eigenvalue weighted by Gasteiger charge is -2.26. The number of benzene rings is 2. The van der Waals surface area contributed by atoms with Crippen molar-refractivity contribution in [2.45, 2.75) is 45.3 Å². The number of hydrogen-bond donors (Lipinski definition) is 2. The van der Waals surface area contributed by atoms with E-state index >= 15 is 0 Å². The van der Waals surface area contributed by atoms with E-state index < -0.39 is 12.2 Å². The molecule has 4 nitrogen and oxygen atoms in total. The van der Waals surface area contributed by atoms with Gasteiger partial charge in [0.2, 0.25) is 0 Å². The number of aliphatic hydroxyl groups excluding tert-OH is 2. The number of hydrogen-bond acceptors (Lipinski definition) is 6. The molecular weight excluding hydrogens is 428 g/mol. The highest BCUT2D eigenvalue weighted by atomic mass is 32.2. The second kappa shape index (κ2) is 13.3. The van der Waals surface area contributed by atoms with Crippen molar-refractivity contribution in [2.24, 2.45) is 0 Å². The molecule has 6 heteroatoms. The van der Waals surface area contributed by atoms with Gasteiger partial charge in [-0.3, -0.25) is 0 Å². The molecule has 0 amide bonds. The van der Waals surface area contributed by atoms with Crippen LogP contribution in [0.2, 0.25) is 0 Å². The van der Waals surface area contributed by atoms with Gasteiger partial charge in [-0.15, -0.1) is 0 Å². The van der Waals surface area contributed by atoms with Gasteiger partial charge in [0.05, 0.1) is 12.2 Å². The summed E-state index contributed by atoms with van der Waals surface area (Å²) in [6.07, 6.45) is -0.901. The molecule has 2 N–H and O–H groups in total. The Bertz CT molecular complexity index is 684. The third-order valence-electron chi connectivity index (χ3n) is 5.07. The van der Waals surface area contributed by atoms with Crippen molar-refractivity contribution in [2.75, 3.05) is 36.2 Å². The van der Waals surface area contributed by atoms with Gasteiger partial charge in [-0.1, -0.05) is 52.0 Å². The van der Waals surface area contributed by atoms with Crippen molar-refractivity contribution in [3.05, 3.63) is 59.7 Å². The number of aliphatic hydroxyl groups is 2. The molecule has 0 aliphatic heterocycles. The summed E-state index contributed by atoms with van der Waals surface area (Å²) in [5, 5.41) is 19.9. The van der Waals surface area contributed by atoms with Gasteiger partial charge in [-0.05, 0) is 46.9 Å². The Balaban J connectivity index is 1.93. The molecule has 2 atom stereocenters. The van der Waals surface area contributed by atoms with E-state index in [-0.39, 0.29) is 5.41 Å². The highest BCUT2D eigenvalue weighted by molar-refractivity contribution is 7.99. The average molecular weight is 465 g/mol. The molecule has 0 aliphatic rings.